The van der Waals surface area contributed by atoms with Gasteiger partial charge in [-0.25, -0.2) is 4.79 Å². The predicted molar refractivity (Wildman–Crippen MR) is 185 cm³/mol. The molecule has 0 bridgehead atoms. The van der Waals surface area contributed by atoms with Gasteiger partial charge in [0.2, 0.25) is 0 Å². The average molecular weight is 633 g/mol. The van der Waals surface area contributed by atoms with E-state index in [9.17, 15) is 14.4 Å². The summed E-state index contributed by atoms with van der Waals surface area (Å²) in [7, 11) is 5.19. The van der Waals surface area contributed by atoms with E-state index in [1.54, 1.807) is 66.9 Å². The van der Waals surface area contributed by atoms with Gasteiger partial charge in [0.05, 0.1) is 19.8 Å². The summed E-state index contributed by atoms with van der Waals surface area (Å²) in [5.41, 5.74) is 5.49. The average Bonchev–Trinajstić information content (AvgIpc) is 3.41. The van der Waals surface area contributed by atoms with E-state index in [0.29, 0.717) is 50.8 Å². The maximum Gasteiger partial charge on any atom is 0.323 e. The van der Waals surface area contributed by atoms with Crippen molar-refractivity contribution in [2.24, 2.45) is 0 Å². The molecule has 2 aliphatic rings. The quantitative estimate of drug-likeness (QED) is 0.136. The molecule has 47 heavy (non-hydrogen) atoms. The van der Waals surface area contributed by atoms with Crippen LogP contribution in [0.2, 0.25) is 0 Å². The fourth-order valence-corrected chi connectivity index (χ4v) is 5.55. The third-order valence-electron chi connectivity index (χ3n) is 8.18. The van der Waals surface area contributed by atoms with Gasteiger partial charge < -0.3 is 40.5 Å². The highest BCUT2D eigenvalue weighted by Crippen LogP contribution is 2.33. The summed E-state index contributed by atoms with van der Waals surface area (Å²) in [6.07, 6.45) is 1.69. The minimum atomic E-state index is -0.496. The van der Waals surface area contributed by atoms with Crippen LogP contribution in [0.5, 0.6) is 11.5 Å². The fraction of sp³-hybridized carbons (Fsp3) is 0.194. The van der Waals surface area contributed by atoms with Crippen molar-refractivity contribution >= 4 is 51.7 Å². The van der Waals surface area contributed by atoms with Gasteiger partial charge in [0.15, 0.2) is 5.78 Å². The Bertz CT molecular complexity index is 1830. The molecule has 0 aromatic heterocycles. The zero-order valence-corrected chi connectivity index (χ0v) is 26.4. The van der Waals surface area contributed by atoms with Crippen LogP contribution in [0.3, 0.4) is 0 Å². The van der Waals surface area contributed by atoms with Crippen LogP contribution in [-0.4, -0.2) is 70.1 Å². The summed E-state index contributed by atoms with van der Waals surface area (Å²) >= 11 is 0. The number of piperazine rings is 1. The Kier molecular flexibility index (Phi) is 9.07. The van der Waals surface area contributed by atoms with E-state index < -0.39 is 6.03 Å². The molecule has 1 saturated heterocycles. The maximum atomic E-state index is 13.4. The second-order valence-corrected chi connectivity index (χ2v) is 11.3. The number of rotatable bonds is 9. The highest BCUT2D eigenvalue weighted by molar-refractivity contribution is 6.32. The number of nitrogens with one attached hydrogen (secondary N) is 4. The first-order valence-electron chi connectivity index (χ1n) is 15.2. The Balaban J connectivity index is 1.11. The first-order valence-corrected chi connectivity index (χ1v) is 15.2. The minimum Gasteiger partial charge on any atom is -0.497 e. The Labute approximate surface area is 273 Å². The van der Waals surface area contributed by atoms with E-state index in [0.717, 1.165) is 31.9 Å². The molecule has 0 spiro atoms. The van der Waals surface area contributed by atoms with Crippen molar-refractivity contribution in [3.63, 3.8) is 0 Å². The zero-order valence-electron chi connectivity index (χ0n) is 26.4. The Morgan fingerprint density at radius 3 is 2.15 bits per heavy atom. The second-order valence-electron chi connectivity index (χ2n) is 11.3. The molecule has 2 aliphatic heterocycles. The lowest BCUT2D eigenvalue weighted by Gasteiger charge is -2.34. The van der Waals surface area contributed by atoms with Gasteiger partial charge in [0.1, 0.15) is 11.5 Å². The van der Waals surface area contributed by atoms with Crippen molar-refractivity contribution < 1.29 is 23.9 Å². The Hall–Kier alpha value is -5.81. The molecule has 0 saturated carbocycles. The number of amides is 3. The number of fused-ring (bicyclic) bond motifs is 1. The van der Waals surface area contributed by atoms with E-state index in [1.807, 2.05) is 12.1 Å². The maximum absolute atomic E-state index is 13.4. The molecule has 0 aliphatic carbocycles. The molecule has 240 valence electrons. The summed E-state index contributed by atoms with van der Waals surface area (Å²) < 4.78 is 10.5. The minimum absolute atomic E-state index is 0.250. The molecule has 4 aromatic rings. The highest BCUT2D eigenvalue weighted by atomic mass is 16.5. The van der Waals surface area contributed by atoms with E-state index in [4.69, 9.17) is 9.47 Å². The fourth-order valence-electron chi connectivity index (χ4n) is 5.55. The highest BCUT2D eigenvalue weighted by Gasteiger charge is 2.25. The van der Waals surface area contributed by atoms with E-state index >= 15 is 0 Å². The third kappa shape index (κ3) is 7.21. The number of ketones is 1. The van der Waals surface area contributed by atoms with Gasteiger partial charge in [0, 0.05) is 95.7 Å². The number of hydrogen-bond acceptors (Lipinski definition) is 8. The normalized spacial score (nSPS) is 15.1. The van der Waals surface area contributed by atoms with Crippen LogP contribution in [0, 0.1) is 0 Å². The summed E-state index contributed by atoms with van der Waals surface area (Å²) in [5.74, 6) is 0.558. The third-order valence-corrected chi connectivity index (χ3v) is 8.18. The Morgan fingerprint density at radius 2 is 1.45 bits per heavy atom. The molecule has 2 heterocycles. The zero-order chi connectivity index (χ0) is 32.9. The van der Waals surface area contributed by atoms with Gasteiger partial charge in [-0.05, 0) is 49.5 Å². The molecule has 6 rings (SSSR count). The molecule has 4 aromatic carbocycles. The summed E-state index contributed by atoms with van der Waals surface area (Å²) in [6, 6.07) is 24.5. The molecule has 0 atom stereocenters. The van der Waals surface area contributed by atoms with Crippen LogP contribution in [-0.2, 0) is 4.79 Å². The number of carbonyl (C=O) groups excluding carboxylic acids is 3. The lowest BCUT2D eigenvalue weighted by Crippen LogP contribution is -2.44. The van der Waals surface area contributed by atoms with Crippen molar-refractivity contribution in [3.8, 4) is 11.5 Å². The van der Waals surface area contributed by atoms with Gasteiger partial charge in [-0.3, -0.25) is 9.59 Å². The number of likely N-dealkylation sites (N-methyl/N-ethyl adjacent to an activating group) is 1. The molecule has 3 amide bonds. The largest absolute Gasteiger partial charge is 0.497 e. The number of hydrogen-bond donors (Lipinski definition) is 4. The predicted octanol–water partition coefficient (Wildman–Crippen LogP) is 5.74. The number of methoxy groups -OCH3 is 2. The number of nitrogens with zero attached hydrogens (tertiary/aromatic N) is 2. The van der Waals surface area contributed by atoms with Crippen molar-refractivity contribution in [2.45, 2.75) is 0 Å². The van der Waals surface area contributed by atoms with Gasteiger partial charge in [-0.15, -0.1) is 0 Å². The number of anilines is 5. The number of urea groups is 1. The van der Waals surface area contributed by atoms with Crippen LogP contribution in [0.25, 0.3) is 5.57 Å². The van der Waals surface area contributed by atoms with Crippen molar-refractivity contribution in [3.05, 3.63) is 108 Å². The smallest absolute Gasteiger partial charge is 0.323 e. The lowest BCUT2D eigenvalue weighted by atomic mass is 9.99. The van der Waals surface area contributed by atoms with E-state index in [-0.39, 0.29) is 11.7 Å². The number of carbonyl (C=O) groups is 3. The summed E-state index contributed by atoms with van der Waals surface area (Å²) in [6.45, 7) is 4.07. The molecule has 11 heteroatoms. The van der Waals surface area contributed by atoms with Crippen molar-refractivity contribution in [1.82, 2.24) is 4.90 Å². The van der Waals surface area contributed by atoms with Gasteiger partial charge in [-0.2, -0.15) is 0 Å². The van der Waals surface area contributed by atoms with Crippen LogP contribution >= 0.6 is 0 Å². The topological polar surface area (TPSA) is 124 Å². The monoisotopic (exact) mass is 632 g/mol. The van der Waals surface area contributed by atoms with Crippen LogP contribution < -0.4 is 35.6 Å². The lowest BCUT2D eigenvalue weighted by molar-refractivity contribution is -0.110. The second kappa shape index (κ2) is 13.7. The molecule has 11 nitrogen and oxygen atoms in total. The van der Waals surface area contributed by atoms with E-state index in [1.165, 1.54) is 19.9 Å². The Morgan fingerprint density at radius 1 is 0.766 bits per heavy atom. The molecular weight excluding hydrogens is 596 g/mol. The standard InChI is InChI=1S/C36H36N6O5/c1-41-13-15-42(16-14-41)28-10-8-25(9-11-28)37-22-32-31-12-7-24(18-33(31)40-35(32)44)34(43)23-5-4-6-26(17-23)38-36(45)39-27-19-29(46-2)21-30(20-27)47-3/h4-12,17-22,37H,13-16H2,1-3H3,(H,40,44)(H2,38,39,45)/b32-22+. The van der Waals surface area contributed by atoms with Gasteiger partial charge in [0.25, 0.3) is 5.91 Å². The summed E-state index contributed by atoms with van der Waals surface area (Å²) in [4.78, 5) is 43.7. The van der Waals surface area contributed by atoms with Crippen LogP contribution in [0.4, 0.5) is 33.2 Å². The first kappa shape index (κ1) is 31.2. The first-order chi connectivity index (χ1) is 22.8. The molecule has 4 N–H and O–H groups in total. The molecule has 0 unspecified atom stereocenters. The molecule has 0 radical (unpaired) electrons. The number of benzene rings is 4. The van der Waals surface area contributed by atoms with Crippen LogP contribution in [0.1, 0.15) is 21.5 Å². The number of ether oxygens (including phenoxy) is 2. The van der Waals surface area contributed by atoms with Gasteiger partial charge >= 0.3 is 6.03 Å². The van der Waals surface area contributed by atoms with Gasteiger partial charge in [-0.1, -0.05) is 24.3 Å². The molecule has 1 fully saturated rings. The van der Waals surface area contributed by atoms with E-state index in [2.05, 4.69) is 50.2 Å². The van der Waals surface area contributed by atoms with Crippen molar-refractivity contribution in [1.29, 1.82) is 0 Å². The molecular formula is C36H36N6O5. The SMILES string of the molecule is COc1cc(NC(=O)Nc2cccc(C(=O)c3ccc4c(c3)NC(=O)/C4=C/Nc3ccc(N4CCN(C)CC4)cc3)c2)cc(OC)c1. The summed E-state index contributed by atoms with van der Waals surface area (Å²) in [5, 5.41) is 11.6. The van der Waals surface area contributed by atoms with Crippen molar-refractivity contribution in [2.75, 3.05) is 73.6 Å². The van der Waals surface area contributed by atoms with Crippen LogP contribution in [0.15, 0.2) is 91.1 Å².